The molecule has 112 valence electrons. The zero-order valence-corrected chi connectivity index (χ0v) is 12.7. The SMILES string of the molecule is CNC(=O)c1c(NC(C)COC)sc(C(=O)OC)c1N. The van der Waals surface area contributed by atoms with Gasteiger partial charge < -0.3 is 25.8 Å². The van der Waals surface area contributed by atoms with Gasteiger partial charge in [0, 0.05) is 20.2 Å². The van der Waals surface area contributed by atoms with E-state index in [1.54, 1.807) is 7.11 Å². The lowest BCUT2D eigenvalue weighted by molar-refractivity contribution is 0.0607. The van der Waals surface area contributed by atoms with E-state index in [1.165, 1.54) is 14.2 Å². The number of carbonyl (C=O) groups excluding carboxylic acids is 2. The number of amides is 1. The van der Waals surface area contributed by atoms with Gasteiger partial charge >= 0.3 is 5.97 Å². The molecule has 1 rings (SSSR count). The third-order valence-electron chi connectivity index (χ3n) is 2.56. The molecule has 7 nitrogen and oxygen atoms in total. The van der Waals surface area contributed by atoms with Gasteiger partial charge in [0.1, 0.15) is 9.88 Å². The minimum absolute atomic E-state index is 0.0352. The summed E-state index contributed by atoms with van der Waals surface area (Å²) in [6, 6.07) is -0.0352. The minimum atomic E-state index is -0.565. The van der Waals surface area contributed by atoms with Crippen molar-refractivity contribution in [3.63, 3.8) is 0 Å². The number of thiophene rings is 1. The Hall–Kier alpha value is -1.80. The van der Waals surface area contributed by atoms with Gasteiger partial charge in [-0.3, -0.25) is 4.79 Å². The number of rotatable bonds is 6. The predicted octanol–water partition coefficient (Wildman–Crippen LogP) is 0.923. The third kappa shape index (κ3) is 3.40. The Bertz CT molecular complexity index is 501. The van der Waals surface area contributed by atoms with E-state index in [2.05, 4.69) is 15.4 Å². The Balaban J connectivity index is 3.20. The van der Waals surface area contributed by atoms with Gasteiger partial charge in [-0.1, -0.05) is 0 Å². The molecule has 8 heteroatoms. The molecule has 0 saturated carbocycles. The van der Waals surface area contributed by atoms with Crippen LogP contribution in [-0.2, 0) is 9.47 Å². The Morgan fingerprint density at radius 1 is 1.40 bits per heavy atom. The van der Waals surface area contributed by atoms with E-state index in [-0.39, 0.29) is 28.1 Å². The molecule has 0 aliphatic carbocycles. The molecule has 1 aromatic heterocycles. The van der Waals surface area contributed by atoms with Crippen molar-refractivity contribution in [1.82, 2.24) is 5.32 Å². The number of carbonyl (C=O) groups is 2. The van der Waals surface area contributed by atoms with Crippen LogP contribution in [0.5, 0.6) is 0 Å². The molecular weight excluding hydrogens is 282 g/mol. The van der Waals surface area contributed by atoms with Gasteiger partial charge in [0.15, 0.2) is 0 Å². The van der Waals surface area contributed by atoms with Crippen molar-refractivity contribution in [2.45, 2.75) is 13.0 Å². The van der Waals surface area contributed by atoms with Crippen molar-refractivity contribution in [1.29, 1.82) is 0 Å². The maximum atomic E-state index is 11.9. The first-order chi connectivity index (χ1) is 9.46. The van der Waals surface area contributed by atoms with Crippen LogP contribution in [0.4, 0.5) is 10.7 Å². The number of esters is 1. The molecule has 0 aliphatic rings. The van der Waals surface area contributed by atoms with Gasteiger partial charge in [-0.25, -0.2) is 4.79 Å². The normalized spacial score (nSPS) is 11.8. The molecule has 0 fully saturated rings. The van der Waals surface area contributed by atoms with Gasteiger partial charge in [-0.15, -0.1) is 11.3 Å². The molecule has 0 bridgehead atoms. The van der Waals surface area contributed by atoms with Gasteiger partial charge in [0.25, 0.3) is 5.91 Å². The summed E-state index contributed by atoms with van der Waals surface area (Å²) in [6.45, 7) is 2.35. The topological polar surface area (TPSA) is 103 Å². The Morgan fingerprint density at radius 3 is 2.55 bits per heavy atom. The molecule has 0 radical (unpaired) electrons. The fraction of sp³-hybridized carbons (Fsp3) is 0.500. The molecule has 1 amide bonds. The Kier molecular flexibility index (Phi) is 5.78. The molecule has 0 aliphatic heterocycles. The van der Waals surface area contributed by atoms with Crippen molar-refractivity contribution < 1.29 is 19.1 Å². The number of hydrogen-bond acceptors (Lipinski definition) is 7. The van der Waals surface area contributed by atoms with Crippen LogP contribution in [0, 0.1) is 0 Å². The standard InChI is InChI=1S/C12H19N3O4S/c1-6(5-18-3)15-11-7(10(16)14-2)8(13)9(20-11)12(17)19-4/h6,15H,5,13H2,1-4H3,(H,14,16). The second-order valence-corrected chi connectivity index (χ2v) is 5.14. The first-order valence-electron chi connectivity index (χ1n) is 5.94. The number of anilines is 2. The summed E-state index contributed by atoms with van der Waals surface area (Å²) in [7, 11) is 4.35. The molecular formula is C12H19N3O4S. The number of hydrogen-bond donors (Lipinski definition) is 3. The zero-order valence-electron chi connectivity index (χ0n) is 11.9. The summed E-state index contributed by atoms with van der Waals surface area (Å²) in [6.07, 6.45) is 0. The van der Waals surface area contributed by atoms with E-state index in [1.807, 2.05) is 6.92 Å². The average molecular weight is 301 g/mol. The smallest absolute Gasteiger partial charge is 0.350 e. The summed E-state index contributed by atoms with van der Waals surface area (Å²) < 4.78 is 9.69. The summed E-state index contributed by atoms with van der Waals surface area (Å²) >= 11 is 1.09. The monoisotopic (exact) mass is 301 g/mol. The highest BCUT2D eigenvalue weighted by Gasteiger charge is 2.26. The summed E-state index contributed by atoms with van der Waals surface area (Å²) in [4.78, 5) is 23.8. The lowest BCUT2D eigenvalue weighted by Gasteiger charge is -2.13. The highest BCUT2D eigenvalue weighted by atomic mass is 32.1. The number of ether oxygens (including phenoxy) is 2. The molecule has 0 saturated heterocycles. The van der Waals surface area contributed by atoms with Crippen LogP contribution in [0.1, 0.15) is 27.0 Å². The first kappa shape index (κ1) is 16.3. The van der Waals surface area contributed by atoms with Crippen molar-refractivity contribution >= 4 is 33.9 Å². The number of methoxy groups -OCH3 is 2. The molecule has 0 spiro atoms. The highest BCUT2D eigenvalue weighted by Crippen LogP contribution is 2.36. The van der Waals surface area contributed by atoms with Crippen LogP contribution in [-0.4, -0.2) is 45.8 Å². The fourth-order valence-corrected chi connectivity index (χ4v) is 2.80. The molecule has 0 aromatic carbocycles. The van der Waals surface area contributed by atoms with E-state index in [9.17, 15) is 9.59 Å². The molecule has 4 N–H and O–H groups in total. The summed E-state index contributed by atoms with van der Waals surface area (Å²) in [5.41, 5.74) is 6.25. The van der Waals surface area contributed by atoms with Gasteiger partial charge in [0.2, 0.25) is 0 Å². The van der Waals surface area contributed by atoms with Crippen molar-refractivity contribution in [3.05, 3.63) is 10.4 Å². The second kappa shape index (κ2) is 7.11. The summed E-state index contributed by atoms with van der Waals surface area (Å²) in [5.74, 6) is -0.925. The van der Waals surface area contributed by atoms with Gasteiger partial charge in [-0.2, -0.15) is 0 Å². The maximum absolute atomic E-state index is 11.9. The van der Waals surface area contributed by atoms with E-state index >= 15 is 0 Å². The van der Waals surface area contributed by atoms with Gasteiger partial charge in [-0.05, 0) is 6.92 Å². The van der Waals surface area contributed by atoms with Crippen LogP contribution in [0.25, 0.3) is 0 Å². The molecule has 20 heavy (non-hydrogen) atoms. The maximum Gasteiger partial charge on any atom is 0.350 e. The third-order valence-corrected chi connectivity index (χ3v) is 3.68. The van der Waals surface area contributed by atoms with E-state index in [0.29, 0.717) is 11.6 Å². The van der Waals surface area contributed by atoms with E-state index < -0.39 is 5.97 Å². The van der Waals surface area contributed by atoms with Crippen LogP contribution >= 0.6 is 11.3 Å². The number of nitrogens with two attached hydrogens (primary N) is 1. The van der Waals surface area contributed by atoms with Crippen LogP contribution in [0.2, 0.25) is 0 Å². The zero-order chi connectivity index (χ0) is 15.3. The lowest BCUT2D eigenvalue weighted by Crippen LogP contribution is -2.24. The largest absolute Gasteiger partial charge is 0.465 e. The van der Waals surface area contributed by atoms with Crippen molar-refractivity contribution in [2.24, 2.45) is 0 Å². The first-order valence-corrected chi connectivity index (χ1v) is 6.76. The minimum Gasteiger partial charge on any atom is -0.465 e. The highest BCUT2D eigenvalue weighted by molar-refractivity contribution is 7.19. The quantitative estimate of drug-likeness (QED) is 0.675. The average Bonchev–Trinajstić information content (AvgIpc) is 2.74. The van der Waals surface area contributed by atoms with Crippen LogP contribution in [0.3, 0.4) is 0 Å². The van der Waals surface area contributed by atoms with E-state index in [4.69, 9.17) is 10.5 Å². The van der Waals surface area contributed by atoms with E-state index in [0.717, 1.165) is 11.3 Å². The molecule has 1 atom stereocenters. The fourth-order valence-electron chi connectivity index (χ4n) is 1.66. The molecule has 1 heterocycles. The molecule has 1 unspecified atom stereocenters. The Morgan fingerprint density at radius 2 is 2.05 bits per heavy atom. The van der Waals surface area contributed by atoms with Crippen LogP contribution in [0.15, 0.2) is 0 Å². The van der Waals surface area contributed by atoms with Gasteiger partial charge in [0.05, 0.1) is 25.0 Å². The number of nitrogen functional groups attached to an aromatic ring is 1. The summed E-state index contributed by atoms with van der Waals surface area (Å²) in [5, 5.41) is 6.13. The number of nitrogens with one attached hydrogen (secondary N) is 2. The van der Waals surface area contributed by atoms with Crippen molar-refractivity contribution in [2.75, 3.05) is 38.9 Å². The predicted molar refractivity (Wildman–Crippen MR) is 78.4 cm³/mol. The molecule has 1 aromatic rings. The van der Waals surface area contributed by atoms with Crippen LogP contribution < -0.4 is 16.4 Å². The Labute approximate surface area is 121 Å². The lowest BCUT2D eigenvalue weighted by atomic mass is 10.2. The van der Waals surface area contributed by atoms with Crippen molar-refractivity contribution in [3.8, 4) is 0 Å². The second-order valence-electron chi connectivity index (χ2n) is 4.12.